The number of aryl methyl sites for hydroxylation is 5. The number of alkyl halides is 1. The second-order valence-corrected chi connectivity index (χ2v) is 14.7. The fourth-order valence-corrected chi connectivity index (χ4v) is 7.54. The summed E-state index contributed by atoms with van der Waals surface area (Å²) in [6.07, 6.45) is 1.37. The van der Waals surface area contributed by atoms with Crippen molar-refractivity contribution in [2.75, 3.05) is 36.3 Å². The molecule has 1 atom stereocenters. The monoisotopic (exact) mass is 855 g/mol. The first-order valence-corrected chi connectivity index (χ1v) is 20.3. The van der Waals surface area contributed by atoms with E-state index in [0.717, 1.165) is 0 Å². The molecular weight excluding hydrogens is 810 g/mol. The zero-order valence-corrected chi connectivity index (χ0v) is 34.8. The van der Waals surface area contributed by atoms with Crippen molar-refractivity contribution in [1.82, 2.24) is 44.0 Å². The van der Waals surface area contributed by atoms with Gasteiger partial charge in [0.1, 0.15) is 46.4 Å². The molecule has 0 radical (unpaired) electrons. The minimum Gasteiger partial charge on any atom is -0.491 e. The van der Waals surface area contributed by atoms with Gasteiger partial charge in [0, 0.05) is 37.3 Å². The van der Waals surface area contributed by atoms with Crippen LogP contribution in [0.25, 0.3) is 22.1 Å². The van der Waals surface area contributed by atoms with Crippen LogP contribution in [-0.4, -0.2) is 93.8 Å². The standard InChI is InChI=1S/C40H46ClN13O7/c1-5-52-28(13-21(3)49-52)37(58)47-39-45-26-15-23(35(42)56)17-30(60-12-8-10-44-32(55)19-41)33(26)51(39)11-7-9-25-20-61-31-18-24(36(43)57)16-27-34(31)54(25)40(46-27)48-38(59)29-14-22(4)50-53(29)6-2/h13-18,25H,5-12,19-20H2,1-4H3,(H2,42,56)(H2,43,57)(H,44,55)(H,45,47,58)(H,46,48,59)/t25-/m0/s1. The van der Waals surface area contributed by atoms with E-state index in [0.29, 0.717) is 95.2 Å². The summed E-state index contributed by atoms with van der Waals surface area (Å²) in [6, 6.07) is 9.20. The molecule has 0 saturated heterocycles. The topological polar surface area (TPSA) is 263 Å². The minimum atomic E-state index is -0.701. The van der Waals surface area contributed by atoms with Gasteiger partial charge in [0.05, 0.1) is 35.1 Å². The molecule has 0 saturated carbocycles. The number of imidazole rings is 2. The Morgan fingerprint density at radius 3 is 2.02 bits per heavy atom. The van der Waals surface area contributed by atoms with Gasteiger partial charge < -0.3 is 35.4 Å². The average Bonchev–Trinajstić information content (AvgIpc) is 4.01. The Balaban J connectivity index is 1.23. The van der Waals surface area contributed by atoms with Gasteiger partial charge in [0.25, 0.3) is 11.8 Å². The molecule has 1 aliphatic rings. The molecule has 5 amide bonds. The summed E-state index contributed by atoms with van der Waals surface area (Å²) in [4.78, 5) is 73.4. The van der Waals surface area contributed by atoms with Gasteiger partial charge in [0.2, 0.25) is 29.6 Å². The smallest absolute Gasteiger partial charge is 0.276 e. The van der Waals surface area contributed by atoms with Gasteiger partial charge in [-0.05, 0) is 83.4 Å². The van der Waals surface area contributed by atoms with Crippen molar-refractivity contribution in [3.63, 3.8) is 0 Å². The molecule has 5 heterocycles. The quantitative estimate of drug-likeness (QED) is 0.0615. The molecule has 4 aromatic heterocycles. The molecule has 0 bridgehead atoms. The molecule has 2 aromatic carbocycles. The predicted molar refractivity (Wildman–Crippen MR) is 225 cm³/mol. The first kappa shape index (κ1) is 42.2. The van der Waals surface area contributed by atoms with Crippen molar-refractivity contribution in [2.45, 2.75) is 72.6 Å². The number of anilines is 2. The number of halogens is 1. The molecule has 61 heavy (non-hydrogen) atoms. The third kappa shape index (κ3) is 8.70. The zero-order valence-electron chi connectivity index (χ0n) is 34.1. The average molecular weight is 856 g/mol. The van der Waals surface area contributed by atoms with Crippen LogP contribution in [0.5, 0.6) is 11.5 Å². The highest BCUT2D eigenvalue weighted by Gasteiger charge is 2.30. The van der Waals surface area contributed by atoms with Crippen LogP contribution >= 0.6 is 11.6 Å². The first-order valence-electron chi connectivity index (χ1n) is 19.8. The molecule has 320 valence electrons. The largest absolute Gasteiger partial charge is 0.491 e. The SMILES string of the molecule is CCn1nc(C)cc1C(=O)Nc1nc2cc(C(N)=O)cc(OCCCNC(=O)CCl)c2n1CCC[C@H]1COc2cc(C(N)=O)cc3nc(NC(=O)c4cc(C)nn4CC)n1c23. The Morgan fingerprint density at radius 1 is 0.820 bits per heavy atom. The summed E-state index contributed by atoms with van der Waals surface area (Å²) in [5, 5.41) is 17.4. The number of hydrogen-bond donors (Lipinski definition) is 5. The lowest BCUT2D eigenvalue weighted by molar-refractivity contribution is -0.118. The summed E-state index contributed by atoms with van der Waals surface area (Å²) in [7, 11) is 0. The van der Waals surface area contributed by atoms with Gasteiger partial charge in [-0.3, -0.25) is 44.0 Å². The highest BCUT2D eigenvalue weighted by molar-refractivity contribution is 6.27. The number of benzene rings is 2. The van der Waals surface area contributed by atoms with E-state index in [1.807, 2.05) is 18.4 Å². The van der Waals surface area contributed by atoms with Crippen LogP contribution in [0.4, 0.5) is 11.9 Å². The van der Waals surface area contributed by atoms with Crippen LogP contribution in [0, 0.1) is 13.8 Å². The molecule has 7 N–H and O–H groups in total. The predicted octanol–water partition coefficient (Wildman–Crippen LogP) is 3.68. The van der Waals surface area contributed by atoms with E-state index in [1.165, 1.54) is 12.1 Å². The number of aromatic nitrogens is 8. The number of ether oxygens (including phenoxy) is 2. The number of hydrogen-bond acceptors (Lipinski definition) is 11. The van der Waals surface area contributed by atoms with E-state index in [4.69, 9.17) is 42.5 Å². The van der Waals surface area contributed by atoms with Crippen molar-refractivity contribution in [1.29, 1.82) is 0 Å². The number of nitrogens with two attached hydrogens (primary N) is 2. The van der Waals surface area contributed by atoms with E-state index in [1.54, 1.807) is 52.0 Å². The highest BCUT2D eigenvalue weighted by Crippen LogP contribution is 2.39. The molecule has 0 spiro atoms. The zero-order chi connectivity index (χ0) is 43.5. The second kappa shape index (κ2) is 17.7. The number of nitrogens with one attached hydrogen (secondary N) is 3. The van der Waals surface area contributed by atoms with Crippen LogP contribution in [-0.2, 0) is 24.4 Å². The first-order chi connectivity index (χ1) is 29.3. The molecule has 6 aromatic rings. The molecular formula is C40H46ClN13O7. The Kier molecular flexibility index (Phi) is 12.2. The fraction of sp³-hybridized carbons (Fsp3) is 0.375. The van der Waals surface area contributed by atoms with E-state index in [9.17, 15) is 24.0 Å². The summed E-state index contributed by atoms with van der Waals surface area (Å²) in [6.45, 7) is 9.22. The van der Waals surface area contributed by atoms with Crippen molar-refractivity contribution < 1.29 is 33.4 Å². The number of rotatable bonds is 18. The second-order valence-electron chi connectivity index (χ2n) is 14.5. The fourth-order valence-electron chi connectivity index (χ4n) is 7.44. The maximum Gasteiger partial charge on any atom is 0.276 e. The van der Waals surface area contributed by atoms with Crippen LogP contribution in [0.15, 0.2) is 36.4 Å². The van der Waals surface area contributed by atoms with E-state index in [-0.39, 0.29) is 60.6 Å². The van der Waals surface area contributed by atoms with Gasteiger partial charge in [-0.2, -0.15) is 10.2 Å². The lowest BCUT2D eigenvalue weighted by atomic mass is 10.1. The Labute approximate surface area is 353 Å². The number of primary amides is 2. The molecule has 21 heteroatoms. The van der Waals surface area contributed by atoms with Crippen LogP contribution in [0.2, 0.25) is 0 Å². The summed E-state index contributed by atoms with van der Waals surface area (Å²) < 4.78 is 19.3. The lowest BCUT2D eigenvalue weighted by Gasteiger charge is -2.27. The minimum absolute atomic E-state index is 0.147. The van der Waals surface area contributed by atoms with Gasteiger partial charge in [-0.15, -0.1) is 11.6 Å². The van der Waals surface area contributed by atoms with Gasteiger partial charge in [-0.25, -0.2) is 9.97 Å². The van der Waals surface area contributed by atoms with Crippen LogP contribution in [0.3, 0.4) is 0 Å². The molecule has 1 aliphatic heterocycles. The van der Waals surface area contributed by atoms with E-state index in [2.05, 4.69) is 26.1 Å². The molecule has 0 fully saturated rings. The van der Waals surface area contributed by atoms with E-state index < -0.39 is 23.6 Å². The Bertz CT molecular complexity index is 2700. The molecule has 0 aliphatic carbocycles. The normalized spacial score (nSPS) is 13.3. The highest BCUT2D eigenvalue weighted by atomic mass is 35.5. The molecule has 20 nitrogen and oxygen atoms in total. The van der Waals surface area contributed by atoms with E-state index >= 15 is 0 Å². The van der Waals surface area contributed by atoms with Crippen LogP contribution < -0.4 is 36.9 Å². The third-order valence-corrected chi connectivity index (χ3v) is 10.4. The van der Waals surface area contributed by atoms with Crippen molar-refractivity contribution in [3.05, 3.63) is 70.3 Å². The summed E-state index contributed by atoms with van der Waals surface area (Å²) in [5.41, 5.74) is 15.6. The number of carbonyl (C=O) groups is 5. The summed E-state index contributed by atoms with van der Waals surface area (Å²) >= 11 is 5.61. The van der Waals surface area contributed by atoms with Gasteiger partial charge in [0.15, 0.2) is 0 Å². The third-order valence-electron chi connectivity index (χ3n) is 10.2. The molecule has 0 unspecified atom stereocenters. The number of nitrogens with zero attached hydrogens (tertiary/aromatic N) is 8. The Morgan fingerprint density at radius 2 is 1.41 bits per heavy atom. The number of amides is 5. The van der Waals surface area contributed by atoms with Crippen LogP contribution in [0.1, 0.15) is 92.2 Å². The number of fused-ring (bicyclic) bond motifs is 1. The Hall–Kier alpha value is -6.96. The number of carbonyl (C=O) groups excluding carboxylic acids is 5. The van der Waals surface area contributed by atoms with Crippen molar-refractivity contribution in [3.8, 4) is 11.5 Å². The maximum absolute atomic E-state index is 13.8. The van der Waals surface area contributed by atoms with Crippen molar-refractivity contribution in [2.24, 2.45) is 11.5 Å². The van der Waals surface area contributed by atoms with Crippen molar-refractivity contribution >= 4 is 75.1 Å². The maximum atomic E-state index is 13.8. The van der Waals surface area contributed by atoms with Gasteiger partial charge in [-0.1, -0.05) is 0 Å². The summed E-state index contributed by atoms with van der Waals surface area (Å²) in [5.74, 6) is -1.57. The molecule has 7 rings (SSSR count). The van der Waals surface area contributed by atoms with Gasteiger partial charge >= 0.3 is 0 Å². The lowest BCUT2D eigenvalue weighted by Crippen LogP contribution is -2.26.